The van der Waals surface area contributed by atoms with Crippen LogP contribution < -0.4 is 5.73 Å². The first-order valence-corrected chi connectivity index (χ1v) is 4.79. The van der Waals surface area contributed by atoms with Gasteiger partial charge in [0, 0.05) is 12.1 Å². The molecule has 15 heavy (non-hydrogen) atoms. The van der Waals surface area contributed by atoms with Gasteiger partial charge >= 0.3 is 0 Å². The summed E-state index contributed by atoms with van der Waals surface area (Å²) < 4.78 is 0. The van der Waals surface area contributed by atoms with E-state index in [-0.39, 0.29) is 6.54 Å². The highest BCUT2D eigenvalue weighted by atomic mass is 16.3. The second-order valence-electron chi connectivity index (χ2n) is 3.32. The highest BCUT2D eigenvalue weighted by molar-refractivity contribution is 5.62. The molecule has 0 aliphatic carbocycles. The number of aromatic amines is 1. The second kappa shape index (κ2) is 4.25. The average molecular weight is 203 g/mol. The Hall–Kier alpha value is -1.65. The van der Waals surface area contributed by atoms with Gasteiger partial charge < -0.3 is 10.8 Å². The largest absolute Gasteiger partial charge is 0.387 e. The van der Waals surface area contributed by atoms with E-state index in [9.17, 15) is 5.11 Å². The number of aliphatic hydroxyl groups is 1. The van der Waals surface area contributed by atoms with Gasteiger partial charge in [-0.1, -0.05) is 30.3 Å². The number of hydrogen-bond acceptors (Lipinski definition) is 3. The first kappa shape index (κ1) is 9.89. The third-order valence-corrected chi connectivity index (χ3v) is 2.31. The van der Waals surface area contributed by atoms with Gasteiger partial charge in [0.1, 0.15) is 0 Å². The second-order valence-corrected chi connectivity index (χ2v) is 3.32. The van der Waals surface area contributed by atoms with E-state index < -0.39 is 6.10 Å². The molecule has 0 fully saturated rings. The molecule has 2 aromatic rings. The topological polar surface area (TPSA) is 74.9 Å². The van der Waals surface area contributed by atoms with Crippen molar-refractivity contribution in [2.45, 2.75) is 6.10 Å². The molecule has 0 amide bonds. The molecular weight excluding hydrogens is 190 g/mol. The minimum atomic E-state index is -0.668. The maximum absolute atomic E-state index is 9.68. The molecule has 1 aromatic heterocycles. The summed E-state index contributed by atoms with van der Waals surface area (Å²) in [6, 6.07) is 9.74. The Morgan fingerprint density at radius 2 is 2.07 bits per heavy atom. The highest BCUT2D eigenvalue weighted by Crippen LogP contribution is 2.24. The standard InChI is InChI=1S/C11H13N3O/c12-6-10(15)9-7-13-14-11(9)8-4-2-1-3-5-8/h1-5,7,10,15H,6,12H2,(H,13,14)/t10-/m0/s1. The van der Waals surface area contributed by atoms with Crippen LogP contribution in [0.4, 0.5) is 0 Å². The van der Waals surface area contributed by atoms with E-state index in [1.807, 2.05) is 30.3 Å². The molecule has 78 valence electrons. The molecule has 0 aliphatic rings. The number of nitrogens with zero attached hydrogens (tertiary/aromatic N) is 1. The summed E-state index contributed by atoms with van der Waals surface area (Å²) in [5.41, 5.74) is 7.98. The van der Waals surface area contributed by atoms with E-state index in [1.165, 1.54) is 0 Å². The number of benzene rings is 1. The van der Waals surface area contributed by atoms with Crippen LogP contribution in [-0.4, -0.2) is 21.8 Å². The molecule has 0 unspecified atom stereocenters. The van der Waals surface area contributed by atoms with Gasteiger partial charge in [0.15, 0.2) is 0 Å². The monoisotopic (exact) mass is 203 g/mol. The van der Waals surface area contributed by atoms with Crippen molar-refractivity contribution >= 4 is 0 Å². The van der Waals surface area contributed by atoms with Crippen molar-refractivity contribution < 1.29 is 5.11 Å². The fourth-order valence-electron chi connectivity index (χ4n) is 1.51. The fourth-order valence-corrected chi connectivity index (χ4v) is 1.51. The number of aliphatic hydroxyl groups excluding tert-OH is 1. The molecule has 4 heteroatoms. The molecule has 4 nitrogen and oxygen atoms in total. The minimum Gasteiger partial charge on any atom is -0.387 e. The normalized spacial score (nSPS) is 12.7. The van der Waals surface area contributed by atoms with Crippen molar-refractivity contribution in [3.8, 4) is 11.3 Å². The van der Waals surface area contributed by atoms with Gasteiger partial charge in [0.05, 0.1) is 18.0 Å². The third kappa shape index (κ3) is 1.91. The molecule has 4 N–H and O–H groups in total. The van der Waals surface area contributed by atoms with Crippen molar-refractivity contribution in [3.63, 3.8) is 0 Å². The summed E-state index contributed by atoms with van der Waals surface area (Å²) >= 11 is 0. The SMILES string of the molecule is NC[C@H](O)c1cn[nH]c1-c1ccccc1. The van der Waals surface area contributed by atoms with Gasteiger partial charge in [-0.05, 0) is 5.56 Å². The van der Waals surface area contributed by atoms with Crippen LogP contribution in [0, 0.1) is 0 Å². The number of hydrogen-bond donors (Lipinski definition) is 3. The molecular formula is C11H13N3O. The first-order chi connectivity index (χ1) is 7.33. The van der Waals surface area contributed by atoms with Crippen LogP contribution in [0.1, 0.15) is 11.7 Å². The number of rotatable bonds is 3. The zero-order chi connectivity index (χ0) is 10.7. The summed E-state index contributed by atoms with van der Waals surface area (Å²) in [6.07, 6.45) is 0.943. The number of nitrogens with one attached hydrogen (secondary N) is 1. The fraction of sp³-hybridized carbons (Fsp3) is 0.182. The van der Waals surface area contributed by atoms with Gasteiger partial charge in [0.2, 0.25) is 0 Å². The minimum absolute atomic E-state index is 0.194. The van der Waals surface area contributed by atoms with Crippen LogP contribution in [0.2, 0.25) is 0 Å². The molecule has 0 aliphatic heterocycles. The average Bonchev–Trinajstić information content (AvgIpc) is 2.78. The lowest BCUT2D eigenvalue weighted by atomic mass is 10.0. The van der Waals surface area contributed by atoms with E-state index in [2.05, 4.69) is 10.2 Å². The molecule has 1 heterocycles. The van der Waals surface area contributed by atoms with Crippen molar-refractivity contribution in [3.05, 3.63) is 42.1 Å². The van der Waals surface area contributed by atoms with Gasteiger partial charge in [-0.3, -0.25) is 5.10 Å². The number of nitrogens with two attached hydrogens (primary N) is 1. The van der Waals surface area contributed by atoms with Crippen LogP contribution in [0.25, 0.3) is 11.3 Å². The summed E-state index contributed by atoms with van der Waals surface area (Å²) in [4.78, 5) is 0. The predicted molar refractivity (Wildman–Crippen MR) is 58.0 cm³/mol. The van der Waals surface area contributed by atoms with Crippen LogP contribution in [0.15, 0.2) is 36.5 Å². The zero-order valence-electron chi connectivity index (χ0n) is 8.22. The number of aromatic nitrogens is 2. The maximum atomic E-state index is 9.68. The molecule has 0 radical (unpaired) electrons. The first-order valence-electron chi connectivity index (χ1n) is 4.79. The van der Waals surface area contributed by atoms with Crippen molar-refractivity contribution in [2.24, 2.45) is 5.73 Å². The smallest absolute Gasteiger partial charge is 0.0948 e. The van der Waals surface area contributed by atoms with E-state index >= 15 is 0 Å². The lowest BCUT2D eigenvalue weighted by Crippen LogP contribution is -2.11. The van der Waals surface area contributed by atoms with E-state index in [0.717, 1.165) is 16.8 Å². The van der Waals surface area contributed by atoms with Crippen LogP contribution in [-0.2, 0) is 0 Å². The lowest BCUT2D eigenvalue weighted by molar-refractivity contribution is 0.187. The van der Waals surface area contributed by atoms with E-state index in [1.54, 1.807) is 6.20 Å². The van der Waals surface area contributed by atoms with Crippen LogP contribution >= 0.6 is 0 Å². The Labute approximate surface area is 87.7 Å². The molecule has 0 saturated heterocycles. The lowest BCUT2D eigenvalue weighted by Gasteiger charge is -2.07. The van der Waals surface area contributed by atoms with E-state index in [0.29, 0.717) is 0 Å². The van der Waals surface area contributed by atoms with E-state index in [4.69, 9.17) is 5.73 Å². The van der Waals surface area contributed by atoms with Crippen LogP contribution in [0.3, 0.4) is 0 Å². The summed E-state index contributed by atoms with van der Waals surface area (Å²) in [5, 5.41) is 16.5. The van der Waals surface area contributed by atoms with Gasteiger partial charge in [-0.25, -0.2) is 0 Å². The highest BCUT2D eigenvalue weighted by Gasteiger charge is 2.13. The molecule has 1 aromatic carbocycles. The summed E-state index contributed by atoms with van der Waals surface area (Å²) in [5.74, 6) is 0. The summed E-state index contributed by atoms with van der Waals surface area (Å²) in [7, 11) is 0. The number of H-pyrrole nitrogens is 1. The molecule has 2 rings (SSSR count). The van der Waals surface area contributed by atoms with Gasteiger partial charge in [0.25, 0.3) is 0 Å². The quantitative estimate of drug-likeness (QED) is 0.698. The van der Waals surface area contributed by atoms with Crippen molar-refractivity contribution in [2.75, 3.05) is 6.54 Å². The molecule has 1 atom stereocenters. The summed E-state index contributed by atoms with van der Waals surface area (Å²) in [6.45, 7) is 0.194. The molecule has 0 saturated carbocycles. The van der Waals surface area contributed by atoms with Crippen molar-refractivity contribution in [1.82, 2.24) is 10.2 Å². The van der Waals surface area contributed by atoms with Gasteiger partial charge in [-0.15, -0.1) is 0 Å². The Kier molecular flexibility index (Phi) is 2.80. The maximum Gasteiger partial charge on any atom is 0.0948 e. The Balaban J connectivity index is 2.41. The third-order valence-electron chi connectivity index (χ3n) is 2.31. The Morgan fingerprint density at radius 1 is 1.33 bits per heavy atom. The predicted octanol–water partition coefficient (Wildman–Crippen LogP) is 1.07. The Morgan fingerprint density at radius 3 is 2.73 bits per heavy atom. The molecule has 0 bridgehead atoms. The van der Waals surface area contributed by atoms with Crippen molar-refractivity contribution in [1.29, 1.82) is 0 Å². The zero-order valence-corrected chi connectivity index (χ0v) is 8.22. The Bertz CT molecular complexity index is 424. The molecule has 0 spiro atoms. The van der Waals surface area contributed by atoms with Gasteiger partial charge in [-0.2, -0.15) is 5.10 Å². The van der Waals surface area contributed by atoms with Crippen LogP contribution in [0.5, 0.6) is 0 Å².